The first-order valence-electron chi connectivity index (χ1n) is 14.1. The molecule has 5 aliphatic rings. The lowest BCUT2D eigenvalue weighted by Crippen LogP contribution is -2.57. The third kappa shape index (κ3) is 4.28. The number of ketones is 2. The number of likely N-dealkylation sites (tertiary alicyclic amines) is 1. The molecule has 1 aliphatic heterocycles. The van der Waals surface area contributed by atoms with Gasteiger partial charge in [-0.1, -0.05) is 13.8 Å². The second kappa shape index (κ2) is 8.83. The Balaban J connectivity index is 1.20. The summed E-state index contributed by atoms with van der Waals surface area (Å²) in [6.45, 7) is 10.7. The second-order valence-electron chi connectivity index (χ2n) is 13.8. The van der Waals surface area contributed by atoms with E-state index in [9.17, 15) is 19.2 Å². The van der Waals surface area contributed by atoms with Crippen LogP contribution >= 0.6 is 0 Å². The van der Waals surface area contributed by atoms with Gasteiger partial charge in [0.1, 0.15) is 23.3 Å². The smallest absolute Gasteiger partial charge is 0.410 e. The largest absolute Gasteiger partial charge is 0.462 e. The molecule has 5 rings (SSSR count). The molecule has 0 bridgehead atoms. The van der Waals surface area contributed by atoms with E-state index in [-0.39, 0.29) is 40.8 Å². The maximum absolute atomic E-state index is 13.5. The molecule has 4 aliphatic carbocycles. The number of carbonyl (C=O) groups excluding carboxylic acids is 4. The van der Waals surface area contributed by atoms with Crippen LogP contribution in [0, 0.1) is 40.4 Å². The zero-order valence-electron chi connectivity index (χ0n) is 22.6. The van der Waals surface area contributed by atoms with Crippen molar-refractivity contribution in [3.8, 4) is 0 Å². The van der Waals surface area contributed by atoms with Crippen molar-refractivity contribution in [3.63, 3.8) is 0 Å². The Bertz CT molecular complexity index is 954. The van der Waals surface area contributed by atoms with Crippen LogP contribution in [0.4, 0.5) is 4.79 Å². The summed E-state index contributed by atoms with van der Waals surface area (Å²) in [7, 11) is 0. The summed E-state index contributed by atoms with van der Waals surface area (Å²) in [5, 5.41) is 0. The van der Waals surface area contributed by atoms with Gasteiger partial charge in [0, 0.05) is 37.3 Å². The van der Waals surface area contributed by atoms with Gasteiger partial charge in [-0.2, -0.15) is 0 Å². The van der Waals surface area contributed by atoms with Crippen LogP contribution in [0.25, 0.3) is 0 Å². The molecule has 0 aromatic heterocycles. The van der Waals surface area contributed by atoms with Crippen molar-refractivity contribution in [1.82, 2.24) is 4.90 Å². The van der Waals surface area contributed by atoms with Crippen molar-refractivity contribution < 1.29 is 28.7 Å². The number of fused-ring (bicyclic) bond motifs is 5. The number of carbonyl (C=O) groups is 4. The molecule has 1 heterocycles. The molecule has 0 aromatic carbocycles. The maximum Gasteiger partial charge on any atom is 0.410 e. The predicted octanol–water partition coefficient (Wildman–Crippen LogP) is 4.95. The van der Waals surface area contributed by atoms with E-state index in [0.29, 0.717) is 68.1 Å². The summed E-state index contributed by atoms with van der Waals surface area (Å²) in [4.78, 5) is 53.1. The van der Waals surface area contributed by atoms with Gasteiger partial charge < -0.3 is 14.4 Å². The number of amides is 1. The van der Waals surface area contributed by atoms with Gasteiger partial charge in [-0.15, -0.1) is 0 Å². The van der Waals surface area contributed by atoms with Crippen molar-refractivity contribution in [1.29, 1.82) is 0 Å². The van der Waals surface area contributed by atoms with Crippen molar-refractivity contribution in [2.24, 2.45) is 40.4 Å². The highest BCUT2D eigenvalue weighted by atomic mass is 16.6. The molecule has 7 nitrogen and oxygen atoms in total. The molecular formula is C29H43NO6. The highest BCUT2D eigenvalue weighted by molar-refractivity contribution is 5.88. The van der Waals surface area contributed by atoms with Crippen LogP contribution in [0.15, 0.2) is 0 Å². The Kier molecular flexibility index (Phi) is 6.31. The van der Waals surface area contributed by atoms with E-state index >= 15 is 0 Å². The molecule has 0 spiro atoms. The van der Waals surface area contributed by atoms with E-state index in [2.05, 4.69) is 13.8 Å². The Hall–Kier alpha value is -1.92. The first kappa shape index (κ1) is 25.7. The Morgan fingerprint density at radius 2 is 1.75 bits per heavy atom. The standard InChI is InChI=1S/C29H43NO6/c1-27(2,3)36-26(34)30-13-10-17(16-30)25(33)35-18-8-11-28(4)21-9-12-29(5)20(6-7-24(29)32)19(21)15-23(31)22(28)14-18/h17-22H,6-16H2,1-5H3/t17-,18+,19+,20+,21+,22-,28-,29+/m1/s1. The molecule has 0 unspecified atom stereocenters. The minimum Gasteiger partial charge on any atom is -0.462 e. The number of hydrogen-bond donors (Lipinski definition) is 0. The number of hydrogen-bond acceptors (Lipinski definition) is 6. The molecule has 7 heteroatoms. The summed E-state index contributed by atoms with van der Waals surface area (Å²) in [5.74, 6) is 1.17. The lowest BCUT2D eigenvalue weighted by Gasteiger charge is -2.59. The van der Waals surface area contributed by atoms with E-state index in [1.165, 1.54) is 0 Å². The minimum absolute atomic E-state index is 0.0727. The lowest BCUT2D eigenvalue weighted by molar-refractivity contribution is -0.172. The van der Waals surface area contributed by atoms with E-state index in [4.69, 9.17) is 9.47 Å². The van der Waals surface area contributed by atoms with Gasteiger partial charge in [0.15, 0.2) is 0 Å². The van der Waals surface area contributed by atoms with Crippen LogP contribution in [0.2, 0.25) is 0 Å². The van der Waals surface area contributed by atoms with Crippen LogP contribution in [0.1, 0.15) is 92.4 Å². The van der Waals surface area contributed by atoms with Crippen LogP contribution < -0.4 is 0 Å². The number of ether oxygens (including phenoxy) is 2. The Morgan fingerprint density at radius 3 is 2.47 bits per heavy atom. The fraction of sp³-hybridized carbons (Fsp3) is 0.862. The average Bonchev–Trinajstić information content (AvgIpc) is 3.39. The number of esters is 1. The molecule has 8 atom stereocenters. The molecule has 1 saturated heterocycles. The molecule has 200 valence electrons. The zero-order valence-corrected chi connectivity index (χ0v) is 22.6. The van der Waals surface area contributed by atoms with Gasteiger partial charge in [0.2, 0.25) is 0 Å². The molecule has 0 N–H and O–H groups in total. The number of nitrogens with zero attached hydrogens (tertiary/aromatic N) is 1. The summed E-state index contributed by atoms with van der Waals surface area (Å²) in [5.41, 5.74) is -0.872. The Morgan fingerprint density at radius 1 is 1.00 bits per heavy atom. The highest BCUT2D eigenvalue weighted by Crippen LogP contribution is 2.64. The summed E-state index contributed by atoms with van der Waals surface area (Å²) in [6, 6.07) is 0. The lowest BCUT2D eigenvalue weighted by atomic mass is 9.45. The first-order valence-corrected chi connectivity index (χ1v) is 14.1. The highest BCUT2D eigenvalue weighted by Gasteiger charge is 2.62. The van der Waals surface area contributed by atoms with Crippen LogP contribution in [-0.4, -0.2) is 53.3 Å². The number of rotatable bonds is 2. The van der Waals surface area contributed by atoms with Crippen molar-refractivity contribution >= 4 is 23.6 Å². The summed E-state index contributed by atoms with van der Waals surface area (Å²) in [6.07, 6.45) is 6.37. The maximum atomic E-state index is 13.5. The second-order valence-corrected chi connectivity index (χ2v) is 13.8. The predicted molar refractivity (Wildman–Crippen MR) is 133 cm³/mol. The third-order valence-electron chi connectivity index (χ3n) is 10.6. The summed E-state index contributed by atoms with van der Waals surface area (Å²) >= 11 is 0. The molecule has 4 saturated carbocycles. The third-order valence-corrected chi connectivity index (χ3v) is 10.6. The van der Waals surface area contributed by atoms with Gasteiger partial charge in [-0.25, -0.2) is 4.79 Å². The van der Waals surface area contributed by atoms with Gasteiger partial charge in [0.05, 0.1) is 5.92 Å². The van der Waals surface area contributed by atoms with Crippen molar-refractivity contribution in [2.45, 2.75) is 104 Å². The van der Waals surface area contributed by atoms with Gasteiger partial charge >= 0.3 is 12.1 Å². The van der Waals surface area contributed by atoms with E-state index < -0.39 is 5.60 Å². The normalized spacial score (nSPS) is 42.4. The monoisotopic (exact) mass is 501 g/mol. The zero-order chi connectivity index (χ0) is 26.0. The summed E-state index contributed by atoms with van der Waals surface area (Å²) < 4.78 is 11.4. The molecule has 5 fully saturated rings. The average molecular weight is 502 g/mol. The van der Waals surface area contributed by atoms with Gasteiger partial charge in [-0.3, -0.25) is 14.4 Å². The topological polar surface area (TPSA) is 90.0 Å². The fourth-order valence-corrected chi connectivity index (χ4v) is 8.59. The van der Waals surface area contributed by atoms with Crippen LogP contribution in [-0.2, 0) is 23.9 Å². The number of Topliss-reactive ketones (excluding diaryl/α,β-unsaturated/α-hetero) is 2. The Labute approximate surface area is 215 Å². The van der Waals surface area contributed by atoms with E-state index in [1.54, 1.807) is 4.90 Å². The molecule has 0 aromatic rings. The van der Waals surface area contributed by atoms with E-state index in [1.807, 2.05) is 20.8 Å². The molecule has 36 heavy (non-hydrogen) atoms. The van der Waals surface area contributed by atoms with Crippen molar-refractivity contribution in [3.05, 3.63) is 0 Å². The van der Waals surface area contributed by atoms with E-state index in [0.717, 1.165) is 32.1 Å². The van der Waals surface area contributed by atoms with Crippen LogP contribution in [0.3, 0.4) is 0 Å². The van der Waals surface area contributed by atoms with Crippen molar-refractivity contribution in [2.75, 3.05) is 13.1 Å². The first-order chi connectivity index (χ1) is 16.8. The van der Waals surface area contributed by atoms with Gasteiger partial charge in [0.25, 0.3) is 0 Å². The molecule has 1 amide bonds. The quantitative estimate of drug-likeness (QED) is 0.498. The SMILES string of the molecule is CC(C)(C)OC(=O)N1CC[C@@H](C(=O)O[C@H]2CC[C@@]3(C)[C@H](C2)C(=O)C[C@@H]2[C@@H]3CC[C@]3(C)C(=O)CC[C@@H]23)C1. The minimum atomic E-state index is -0.569. The molecule has 0 radical (unpaired) electrons. The van der Waals surface area contributed by atoms with Crippen LogP contribution in [0.5, 0.6) is 0 Å². The fourth-order valence-electron chi connectivity index (χ4n) is 8.59. The van der Waals surface area contributed by atoms with Gasteiger partial charge in [-0.05, 0) is 88.9 Å². The molecular weight excluding hydrogens is 458 g/mol.